The number of carbonyl (C=O) groups is 1. The maximum atomic E-state index is 11.0. The molecular weight excluding hydrogens is 198 g/mol. The number of ether oxygens (including phenoxy) is 1. The maximum absolute atomic E-state index is 11.0. The fourth-order valence-electron chi connectivity index (χ4n) is 0.957. The van der Waals surface area contributed by atoms with Crippen molar-refractivity contribution in [3.05, 3.63) is 17.5 Å². The van der Waals surface area contributed by atoms with E-state index in [9.17, 15) is 4.79 Å². The number of nitrogens with one attached hydrogen (secondary N) is 1. The van der Waals surface area contributed by atoms with E-state index in [1.807, 2.05) is 19.3 Å². The van der Waals surface area contributed by atoms with E-state index in [1.54, 1.807) is 0 Å². The summed E-state index contributed by atoms with van der Waals surface area (Å²) in [5, 5.41) is 3.54. The molecule has 6 nitrogen and oxygen atoms in total. The minimum absolute atomic E-state index is 0.153. The molecule has 1 rings (SSSR count). The van der Waals surface area contributed by atoms with Crippen LogP contribution in [0.4, 0.5) is 0 Å². The van der Waals surface area contributed by atoms with Gasteiger partial charge in [0.2, 0.25) is 0 Å². The Morgan fingerprint density at radius 1 is 1.73 bits per heavy atom. The van der Waals surface area contributed by atoms with Crippen LogP contribution in [0.1, 0.15) is 30.1 Å². The fraction of sp³-hybridized carbons (Fsp3) is 0.556. The van der Waals surface area contributed by atoms with Gasteiger partial charge in [-0.25, -0.2) is 5.84 Å². The summed E-state index contributed by atoms with van der Waals surface area (Å²) in [7, 11) is 0. The van der Waals surface area contributed by atoms with Gasteiger partial charge in [0, 0.05) is 12.7 Å². The molecule has 1 aromatic rings. The molecule has 0 atom stereocenters. The molecule has 0 unspecified atom stereocenters. The van der Waals surface area contributed by atoms with Crippen molar-refractivity contribution in [1.29, 1.82) is 0 Å². The second kappa shape index (κ2) is 5.47. The van der Waals surface area contributed by atoms with Crippen LogP contribution in [0.3, 0.4) is 0 Å². The second-order valence-corrected chi connectivity index (χ2v) is 3.56. The van der Waals surface area contributed by atoms with Crippen molar-refractivity contribution in [3.8, 4) is 0 Å². The van der Waals surface area contributed by atoms with Crippen molar-refractivity contribution >= 4 is 5.91 Å². The Balaban J connectivity index is 2.43. The number of hydrogen-bond donors (Lipinski definition) is 2. The summed E-state index contributed by atoms with van der Waals surface area (Å²) in [4.78, 5) is 11.0. The Morgan fingerprint density at radius 3 is 3.07 bits per heavy atom. The van der Waals surface area contributed by atoms with Crippen LogP contribution in [0, 0.1) is 5.92 Å². The molecule has 0 saturated carbocycles. The third kappa shape index (κ3) is 3.69. The van der Waals surface area contributed by atoms with E-state index in [-0.39, 0.29) is 5.69 Å². The van der Waals surface area contributed by atoms with Crippen LogP contribution in [-0.4, -0.2) is 17.7 Å². The molecule has 1 amide bonds. The average Bonchev–Trinajstić information content (AvgIpc) is 2.65. The lowest BCUT2D eigenvalue weighted by Gasteiger charge is -2.03. The van der Waals surface area contributed by atoms with Crippen LogP contribution >= 0.6 is 0 Å². The highest BCUT2D eigenvalue weighted by molar-refractivity contribution is 5.91. The Labute approximate surface area is 87.7 Å². The number of amides is 1. The molecule has 0 aliphatic carbocycles. The van der Waals surface area contributed by atoms with E-state index in [0.717, 1.165) is 0 Å². The SMILES string of the molecule is CC(C)COCc1cc(C(=O)NN)no1. The number of aromatic nitrogens is 1. The molecule has 0 aliphatic heterocycles. The largest absolute Gasteiger partial charge is 0.373 e. The normalized spacial score (nSPS) is 10.7. The Hall–Kier alpha value is -1.40. The molecule has 0 spiro atoms. The summed E-state index contributed by atoms with van der Waals surface area (Å²) in [5.41, 5.74) is 2.12. The van der Waals surface area contributed by atoms with Gasteiger partial charge in [-0.1, -0.05) is 19.0 Å². The first-order valence-corrected chi connectivity index (χ1v) is 4.67. The predicted octanol–water partition coefficient (Wildman–Crippen LogP) is 0.451. The highest BCUT2D eigenvalue weighted by Gasteiger charge is 2.10. The Kier molecular flexibility index (Phi) is 4.26. The third-order valence-electron chi connectivity index (χ3n) is 1.62. The average molecular weight is 213 g/mol. The van der Waals surface area contributed by atoms with E-state index in [2.05, 4.69) is 5.16 Å². The van der Waals surface area contributed by atoms with Gasteiger partial charge in [-0.2, -0.15) is 0 Å². The zero-order valence-electron chi connectivity index (χ0n) is 8.82. The van der Waals surface area contributed by atoms with Crippen molar-refractivity contribution in [2.45, 2.75) is 20.5 Å². The molecule has 0 saturated heterocycles. The summed E-state index contributed by atoms with van der Waals surface area (Å²) in [6.45, 7) is 5.05. The van der Waals surface area contributed by atoms with Gasteiger partial charge in [-0.3, -0.25) is 10.2 Å². The number of nitrogens with two attached hydrogens (primary N) is 1. The number of hydrogen-bond acceptors (Lipinski definition) is 5. The standard InChI is InChI=1S/C9H15N3O3/c1-6(2)4-14-5-7-3-8(12-15-7)9(13)11-10/h3,6H,4-5,10H2,1-2H3,(H,11,13). The van der Waals surface area contributed by atoms with Gasteiger partial charge in [0.25, 0.3) is 5.91 Å². The number of nitrogen functional groups attached to an aromatic ring is 1. The van der Waals surface area contributed by atoms with Gasteiger partial charge in [-0.15, -0.1) is 0 Å². The zero-order valence-corrected chi connectivity index (χ0v) is 8.82. The molecule has 84 valence electrons. The fourth-order valence-corrected chi connectivity index (χ4v) is 0.957. The van der Waals surface area contributed by atoms with Gasteiger partial charge in [-0.05, 0) is 5.92 Å². The highest BCUT2D eigenvalue weighted by atomic mass is 16.5. The number of nitrogens with zero attached hydrogens (tertiary/aromatic N) is 1. The number of rotatable bonds is 5. The summed E-state index contributed by atoms with van der Waals surface area (Å²) in [5.74, 6) is 5.43. The van der Waals surface area contributed by atoms with Gasteiger partial charge >= 0.3 is 0 Å². The summed E-state index contributed by atoms with van der Waals surface area (Å²) in [6.07, 6.45) is 0. The van der Waals surface area contributed by atoms with E-state index in [1.165, 1.54) is 6.07 Å². The highest BCUT2D eigenvalue weighted by Crippen LogP contribution is 2.05. The third-order valence-corrected chi connectivity index (χ3v) is 1.62. The first-order valence-electron chi connectivity index (χ1n) is 4.67. The molecular formula is C9H15N3O3. The molecule has 15 heavy (non-hydrogen) atoms. The molecule has 0 bridgehead atoms. The lowest BCUT2D eigenvalue weighted by molar-refractivity contribution is 0.0803. The molecule has 0 fully saturated rings. The molecule has 0 aliphatic rings. The molecule has 0 aromatic carbocycles. The monoisotopic (exact) mass is 213 g/mol. The topological polar surface area (TPSA) is 90.4 Å². The molecule has 0 radical (unpaired) electrons. The smallest absolute Gasteiger partial charge is 0.287 e. The van der Waals surface area contributed by atoms with Crippen LogP contribution in [0.25, 0.3) is 0 Å². The summed E-state index contributed by atoms with van der Waals surface area (Å²) >= 11 is 0. The van der Waals surface area contributed by atoms with Crippen LogP contribution in [0.15, 0.2) is 10.6 Å². The van der Waals surface area contributed by atoms with Crippen LogP contribution in [-0.2, 0) is 11.3 Å². The van der Waals surface area contributed by atoms with Crippen LogP contribution in [0.5, 0.6) is 0 Å². The quantitative estimate of drug-likeness (QED) is 0.421. The maximum Gasteiger partial charge on any atom is 0.287 e. The van der Waals surface area contributed by atoms with Crippen LogP contribution in [0.2, 0.25) is 0 Å². The molecule has 3 N–H and O–H groups in total. The van der Waals surface area contributed by atoms with E-state index in [4.69, 9.17) is 15.1 Å². The van der Waals surface area contributed by atoms with Crippen molar-refractivity contribution in [3.63, 3.8) is 0 Å². The minimum atomic E-state index is -0.478. The predicted molar refractivity (Wildman–Crippen MR) is 52.7 cm³/mol. The zero-order chi connectivity index (χ0) is 11.3. The first kappa shape index (κ1) is 11.7. The number of hydrazine groups is 1. The molecule has 1 heterocycles. The van der Waals surface area contributed by atoms with Gasteiger partial charge in [0.1, 0.15) is 6.61 Å². The van der Waals surface area contributed by atoms with Crippen molar-refractivity contribution in [2.24, 2.45) is 11.8 Å². The van der Waals surface area contributed by atoms with Gasteiger partial charge < -0.3 is 9.26 Å². The lowest BCUT2D eigenvalue weighted by Crippen LogP contribution is -2.30. The molecule has 1 aromatic heterocycles. The van der Waals surface area contributed by atoms with Crippen molar-refractivity contribution in [2.75, 3.05) is 6.61 Å². The van der Waals surface area contributed by atoms with E-state index in [0.29, 0.717) is 24.9 Å². The lowest BCUT2D eigenvalue weighted by atomic mass is 10.2. The number of carbonyl (C=O) groups excluding carboxylic acids is 1. The Morgan fingerprint density at radius 2 is 2.47 bits per heavy atom. The second-order valence-electron chi connectivity index (χ2n) is 3.56. The van der Waals surface area contributed by atoms with Crippen molar-refractivity contribution in [1.82, 2.24) is 10.6 Å². The summed E-state index contributed by atoms with van der Waals surface area (Å²) in [6, 6.07) is 1.50. The Bertz CT molecular complexity index is 322. The summed E-state index contributed by atoms with van der Waals surface area (Å²) < 4.78 is 10.2. The van der Waals surface area contributed by atoms with E-state index < -0.39 is 5.91 Å². The first-order chi connectivity index (χ1) is 7.13. The van der Waals surface area contributed by atoms with Crippen molar-refractivity contribution < 1.29 is 14.1 Å². The van der Waals surface area contributed by atoms with E-state index >= 15 is 0 Å². The van der Waals surface area contributed by atoms with Crippen LogP contribution < -0.4 is 11.3 Å². The molecule has 6 heteroatoms. The minimum Gasteiger partial charge on any atom is -0.373 e. The van der Waals surface area contributed by atoms with Gasteiger partial charge in [0.05, 0.1) is 0 Å². The van der Waals surface area contributed by atoms with Gasteiger partial charge in [0.15, 0.2) is 11.5 Å².